The number of carbonyl (C=O) groups is 2. The van der Waals surface area contributed by atoms with Gasteiger partial charge in [-0.3, -0.25) is 15.3 Å². The zero-order valence-electron chi connectivity index (χ0n) is 7.61. The lowest BCUT2D eigenvalue weighted by Gasteiger charge is -2.01. The molecule has 5 heteroatoms. The Kier molecular flexibility index (Phi) is 3.17. The molecule has 0 bridgehead atoms. The summed E-state index contributed by atoms with van der Waals surface area (Å²) in [5, 5.41) is 0. The van der Waals surface area contributed by atoms with Crippen LogP contribution in [0.5, 0.6) is 5.88 Å². The standard InChI is InChI=1S/C9H9N2O3/c1-2-14-7-4-3-6(5-11-7)8(12)9(10)13/h3-5,10H,2H2,1H3. The molecule has 0 spiro atoms. The maximum absolute atomic E-state index is 11.0. The molecule has 0 saturated carbocycles. The van der Waals surface area contributed by atoms with Gasteiger partial charge in [0, 0.05) is 17.8 Å². The fraction of sp³-hybridized carbons (Fsp3) is 0.222. The van der Waals surface area contributed by atoms with Gasteiger partial charge >= 0.3 is 5.91 Å². The topological polar surface area (TPSA) is 80.1 Å². The number of ketones is 1. The highest BCUT2D eigenvalue weighted by atomic mass is 16.5. The summed E-state index contributed by atoms with van der Waals surface area (Å²) in [7, 11) is 0. The molecule has 0 aliphatic rings. The minimum Gasteiger partial charge on any atom is -0.478 e. The van der Waals surface area contributed by atoms with E-state index in [4.69, 9.17) is 10.5 Å². The van der Waals surface area contributed by atoms with Gasteiger partial charge in [0.05, 0.1) is 6.61 Å². The SMILES string of the molecule is CCOc1ccc(C(=O)C([NH])=O)cn1. The van der Waals surface area contributed by atoms with E-state index in [-0.39, 0.29) is 5.56 Å². The molecular formula is C9H9N2O3. The zero-order chi connectivity index (χ0) is 10.6. The van der Waals surface area contributed by atoms with Crippen LogP contribution in [0.15, 0.2) is 18.3 Å². The van der Waals surface area contributed by atoms with Gasteiger partial charge in [0.15, 0.2) is 0 Å². The largest absolute Gasteiger partial charge is 0.478 e. The third-order valence-corrected chi connectivity index (χ3v) is 1.50. The van der Waals surface area contributed by atoms with Crippen LogP contribution in [0.1, 0.15) is 17.3 Å². The number of ether oxygens (including phenoxy) is 1. The van der Waals surface area contributed by atoms with E-state index in [2.05, 4.69) is 4.98 Å². The number of rotatable bonds is 4. The predicted octanol–water partition coefficient (Wildman–Crippen LogP) is 0.472. The average molecular weight is 193 g/mol. The smallest absolute Gasteiger partial charge is 0.310 e. The van der Waals surface area contributed by atoms with Gasteiger partial charge in [-0.05, 0) is 13.0 Å². The average Bonchev–Trinajstić information content (AvgIpc) is 2.18. The quantitative estimate of drug-likeness (QED) is 0.514. The van der Waals surface area contributed by atoms with Gasteiger partial charge in [-0.15, -0.1) is 0 Å². The molecule has 14 heavy (non-hydrogen) atoms. The van der Waals surface area contributed by atoms with E-state index in [9.17, 15) is 9.59 Å². The fourth-order valence-electron chi connectivity index (χ4n) is 0.879. The molecule has 5 nitrogen and oxygen atoms in total. The van der Waals surface area contributed by atoms with Crippen LogP contribution in [-0.2, 0) is 4.79 Å². The molecule has 0 aliphatic heterocycles. The van der Waals surface area contributed by atoms with E-state index in [1.54, 1.807) is 0 Å². The molecule has 1 rings (SSSR count). The number of hydrogen-bond donors (Lipinski definition) is 0. The molecule has 0 aliphatic carbocycles. The summed E-state index contributed by atoms with van der Waals surface area (Å²) in [6, 6.07) is 2.90. The Morgan fingerprint density at radius 2 is 2.21 bits per heavy atom. The summed E-state index contributed by atoms with van der Waals surface area (Å²) in [4.78, 5) is 25.2. The van der Waals surface area contributed by atoms with Crippen molar-refractivity contribution in [3.05, 3.63) is 23.9 Å². The summed E-state index contributed by atoms with van der Waals surface area (Å²) < 4.78 is 5.05. The fourth-order valence-corrected chi connectivity index (χ4v) is 0.879. The maximum Gasteiger partial charge on any atom is 0.310 e. The van der Waals surface area contributed by atoms with Crippen LogP contribution in [0.3, 0.4) is 0 Å². The lowest BCUT2D eigenvalue weighted by molar-refractivity contribution is -0.114. The molecule has 0 unspecified atom stereocenters. The second kappa shape index (κ2) is 4.36. The Morgan fingerprint density at radius 3 is 2.64 bits per heavy atom. The molecular weight excluding hydrogens is 184 g/mol. The van der Waals surface area contributed by atoms with Crippen LogP contribution in [0.4, 0.5) is 0 Å². The number of carbonyl (C=O) groups excluding carboxylic acids is 2. The van der Waals surface area contributed by atoms with E-state index >= 15 is 0 Å². The summed E-state index contributed by atoms with van der Waals surface area (Å²) in [5.74, 6) is -1.71. The highest BCUT2D eigenvalue weighted by Gasteiger charge is 2.13. The van der Waals surface area contributed by atoms with Crippen LogP contribution in [0, 0.1) is 0 Å². The molecule has 73 valence electrons. The number of nitrogens with zero attached hydrogens (tertiary/aromatic N) is 1. The highest BCUT2D eigenvalue weighted by Crippen LogP contribution is 2.07. The van der Waals surface area contributed by atoms with Crippen molar-refractivity contribution in [2.24, 2.45) is 0 Å². The Balaban J connectivity index is 2.83. The van der Waals surface area contributed by atoms with Gasteiger partial charge in [0.25, 0.3) is 5.78 Å². The Hall–Kier alpha value is -1.91. The molecule has 1 N–H and O–H groups in total. The molecule has 1 radical (unpaired) electrons. The molecule has 1 aromatic heterocycles. The summed E-state index contributed by atoms with van der Waals surface area (Å²) in [6.07, 6.45) is 1.22. The van der Waals surface area contributed by atoms with Crippen molar-refractivity contribution < 1.29 is 14.3 Å². The molecule has 1 amide bonds. The number of amides is 1. The zero-order valence-corrected chi connectivity index (χ0v) is 7.61. The molecule has 0 atom stereocenters. The van der Waals surface area contributed by atoms with Crippen LogP contribution >= 0.6 is 0 Å². The number of hydrogen-bond acceptors (Lipinski definition) is 4. The third kappa shape index (κ3) is 2.29. The Labute approximate surface area is 80.9 Å². The number of pyridine rings is 1. The van der Waals surface area contributed by atoms with Crippen molar-refractivity contribution in [1.29, 1.82) is 0 Å². The van der Waals surface area contributed by atoms with Gasteiger partial charge in [-0.1, -0.05) is 0 Å². The van der Waals surface area contributed by atoms with Crippen molar-refractivity contribution in [3.8, 4) is 5.88 Å². The van der Waals surface area contributed by atoms with Crippen LogP contribution in [0.25, 0.3) is 0 Å². The summed E-state index contributed by atoms with van der Waals surface area (Å²) in [6.45, 7) is 2.30. The van der Waals surface area contributed by atoms with Gasteiger partial charge in [-0.25, -0.2) is 4.98 Å². The second-order valence-electron chi connectivity index (χ2n) is 2.48. The summed E-state index contributed by atoms with van der Waals surface area (Å²) in [5.41, 5.74) is 6.71. The summed E-state index contributed by atoms with van der Waals surface area (Å²) >= 11 is 0. The minimum absolute atomic E-state index is 0.105. The van der Waals surface area contributed by atoms with Gasteiger partial charge in [0.1, 0.15) is 0 Å². The van der Waals surface area contributed by atoms with E-state index in [0.717, 1.165) is 0 Å². The Bertz CT molecular complexity index is 346. The van der Waals surface area contributed by atoms with Gasteiger partial charge in [-0.2, -0.15) is 0 Å². The first-order valence-electron chi connectivity index (χ1n) is 4.04. The van der Waals surface area contributed by atoms with Gasteiger partial charge < -0.3 is 4.74 Å². The molecule has 0 aromatic carbocycles. The number of aromatic nitrogens is 1. The van der Waals surface area contributed by atoms with E-state index in [0.29, 0.717) is 12.5 Å². The maximum atomic E-state index is 11.0. The van der Waals surface area contributed by atoms with Gasteiger partial charge in [0.2, 0.25) is 5.88 Å². The monoisotopic (exact) mass is 193 g/mol. The van der Waals surface area contributed by atoms with Crippen LogP contribution in [-0.4, -0.2) is 23.3 Å². The molecule has 0 fully saturated rings. The van der Waals surface area contributed by atoms with Crippen molar-refractivity contribution in [3.63, 3.8) is 0 Å². The second-order valence-corrected chi connectivity index (χ2v) is 2.48. The van der Waals surface area contributed by atoms with E-state index < -0.39 is 11.7 Å². The first-order valence-corrected chi connectivity index (χ1v) is 4.04. The lowest BCUT2D eigenvalue weighted by Crippen LogP contribution is -2.14. The third-order valence-electron chi connectivity index (χ3n) is 1.50. The van der Waals surface area contributed by atoms with E-state index in [1.165, 1.54) is 18.3 Å². The van der Waals surface area contributed by atoms with Crippen molar-refractivity contribution in [2.75, 3.05) is 6.61 Å². The Morgan fingerprint density at radius 1 is 1.50 bits per heavy atom. The number of nitrogens with one attached hydrogen (secondary N) is 1. The molecule has 1 aromatic rings. The predicted molar refractivity (Wildman–Crippen MR) is 47.8 cm³/mol. The number of Topliss-reactive ketones (excluding diaryl/α,β-unsaturated/α-hetero) is 1. The first kappa shape index (κ1) is 10.2. The lowest BCUT2D eigenvalue weighted by atomic mass is 10.2. The van der Waals surface area contributed by atoms with E-state index in [1.807, 2.05) is 6.92 Å². The normalized spacial score (nSPS) is 9.50. The molecule has 1 heterocycles. The van der Waals surface area contributed by atoms with Crippen LogP contribution in [0.2, 0.25) is 0 Å². The van der Waals surface area contributed by atoms with Crippen molar-refractivity contribution in [1.82, 2.24) is 10.7 Å². The minimum atomic E-state index is -1.24. The van der Waals surface area contributed by atoms with Crippen LogP contribution < -0.4 is 10.5 Å². The molecule has 0 saturated heterocycles. The first-order chi connectivity index (χ1) is 6.65. The highest BCUT2D eigenvalue weighted by molar-refractivity contribution is 6.41. The van der Waals surface area contributed by atoms with Crippen molar-refractivity contribution in [2.45, 2.75) is 6.92 Å². The van der Waals surface area contributed by atoms with Crippen molar-refractivity contribution >= 4 is 11.7 Å².